The Morgan fingerprint density at radius 2 is 1.92 bits per heavy atom. The van der Waals surface area contributed by atoms with Gasteiger partial charge in [-0.2, -0.15) is 0 Å². The fourth-order valence-electron chi connectivity index (χ4n) is 3.15. The first-order valence-electron chi connectivity index (χ1n) is 7.95. The minimum absolute atomic E-state index is 0. The number of para-hydroxylation sites is 1. The van der Waals surface area contributed by atoms with E-state index in [0.29, 0.717) is 5.75 Å². The van der Waals surface area contributed by atoms with Crippen LogP contribution in [0.2, 0.25) is 0 Å². The van der Waals surface area contributed by atoms with Crippen LogP contribution in [0.5, 0.6) is 5.75 Å². The zero-order chi connectivity index (χ0) is 18.4. The van der Waals surface area contributed by atoms with E-state index in [1.54, 1.807) is 45.0 Å². The molecule has 1 aromatic carbocycles. The number of nitrogens with one attached hydrogen (secondary N) is 1. The number of benzene rings is 1. The van der Waals surface area contributed by atoms with Crippen molar-refractivity contribution in [1.82, 2.24) is 10.2 Å². The summed E-state index contributed by atoms with van der Waals surface area (Å²) in [5.74, 6) is -1.55. The van der Waals surface area contributed by atoms with E-state index in [0.717, 1.165) is 0 Å². The van der Waals surface area contributed by atoms with Crippen LogP contribution in [-0.2, 0) is 14.4 Å². The number of hydrogen-bond acceptors (Lipinski definition) is 6. The number of nitrogens with zero attached hydrogens (tertiary/aromatic N) is 1. The Labute approximate surface area is 178 Å². The Morgan fingerprint density at radius 3 is 2.50 bits per heavy atom. The van der Waals surface area contributed by atoms with Crippen molar-refractivity contribution in [2.75, 3.05) is 0 Å². The molecular formula is C17H19N2NaO5S. The fraction of sp³-hybridized carbons (Fsp3) is 0.471. The van der Waals surface area contributed by atoms with Crippen LogP contribution >= 0.6 is 11.8 Å². The van der Waals surface area contributed by atoms with Crippen molar-refractivity contribution in [1.29, 1.82) is 0 Å². The van der Waals surface area contributed by atoms with Crippen LogP contribution in [-0.4, -0.2) is 51.0 Å². The molecule has 2 unspecified atom stereocenters. The maximum absolute atomic E-state index is 12.3. The van der Waals surface area contributed by atoms with E-state index in [-0.39, 0.29) is 29.6 Å². The summed E-state index contributed by atoms with van der Waals surface area (Å²) in [4.78, 5) is 37.3. The molecule has 0 bridgehead atoms. The molecule has 2 fully saturated rings. The number of carbonyl (C=O) groups excluding carboxylic acids is 3. The van der Waals surface area contributed by atoms with Gasteiger partial charge < -0.3 is 24.9 Å². The number of aliphatic carboxylic acids is 1. The van der Waals surface area contributed by atoms with Crippen molar-refractivity contribution in [2.24, 2.45) is 0 Å². The quantitative estimate of drug-likeness (QED) is 0.422. The predicted octanol–water partition coefficient (Wildman–Crippen LogP) is -3.25. The fourth-order valence-corrected chi connectivity index (χ4v) is 4.77. The summed E-state index contributed by atoms with van der Waals surface area (Å²) in [6, 6.07) is 7.16. The summed E-state index contributed by atoms with van der Waals surface area (Å²) in [6.45, 7) is 5.10. The van der Waals surface area contributed by atoms with Gasteiger partial charge in [-0.05, 0) is 32.9 Å². The maximum atomic E-state index is 12.3. The molecular weight excluding hydrogens is 367 g/mol. The van der Waals surface area contributed by atoms with E-state index in [2.05, 4.69) is 5.32 Å². The van der Waals surface area contributed by atoms with Crippen LogP contribution in [0.3, 0.4) is 0 Å². The monoisotopic (exact) mass is 386 g/mol. The van der Waals surface area contributed by atoms with E-state index in [1.165, 1.54) is 16.7 Å². The van der Waals surface area contributed by atoms with E-state index in [4.69, 9.17) is 4.74 Å². The summed E-state index contributed by atoms with van der Waals surface area (Å²) in [5, 5.41) is 13.6. The summed E-state index contributed by atoms with van der Waals surface area (Å²) in [7, 11) is 0. The molecule has 0 aliphatic carbocycles. The number of hydrogen-bond donors (Lipinski definition) is 1. The van der Waals surface area contributed by atoms with Crippen molar-refractivity contribution < 1.29 is 53.8 Å². The van der Waals surface area contributed by atoms with Gasteiger partial charge in [0.05, 0.1) is 12.0 Å². The van der Waals surface area contributed by atoms with Gasteiger partial charge in [0.25, 0.3) is 5.91 Å². The van der Waals surface area contributed by atoms with E-state index >= 15 is 0 Å². The van der Waals surface area contributed by atoms with Gasteiger partial charge in [0.1, 0.15) is 17.2 Å². The van der Waals surface area contributed by atoms with Crippen molar-refractivity contribution >= 4 is 29.5 Å². The van der Waals surface area contributed by atoms with E-state index in [1.807, 2.05) is 6.07 Å². The first kappa shape index (κ1) is 21.1. The topological polar surface area (TPSA) is 98.8 Å². The SMILES string of the molecule is CC(Oc1ccccc1)C(=O)N[C@@H]1C(=O)N2C1SC(C)(C)[C@@H]2C(=O)[O-].[Na+]. The van der Waals surface area contributed by atoms with Crippen LogP contribution in [0.15, 0.2) is 30.3 Å². The second-order valence-electron chi connectivity index (χ2n) is 6.64. The third-order valence-corrected chi connectivity index (χ3v) is 5.96. The molecule has 1 N–H and O–H groups in total. The molecule has 2 heterocycles. The van der Waals surface area contributed by atoms with Crippen LogP contribution < -0.4 is 44.7 Å². The first-order chi connectivity index (χ1) is 11.7. The third kappa shape index (κ3) is 3.74. The molecule has 26 heavy (non-hydrogen) atoms. The van der Waals surface area contributed by atoms with Gasteiger partial charge in [-0.3, -0.25) is 9.59 Å². The van der Waals surface area contributed by atoms with Gasteiger partial charge in [-0.25, -0.2) is 0 Å². The normalized spacial score (nSPS) is 26.8. The Hall–Kier alpha value is -1.22. The molecule has 4 atom stereocenters. The van der Waals surface area contributed by atoms with Gasteiger partial charge in [0, 0.05) is 4.75 Å². The zero-order valence-corrected chi connectivity index (χ0v) is 17.9. The molecule has 2 saturated heterocycles. The zero-order valence-electron chi connectivity index (χ0n) is 15.1. The average molecular weight is 386 g/mol. The molecule has 9 heteroatoms. The smallest absolute Gasteiger partial charge is 0.548 e. The number of rotatable bonds is 5. The van der Waals surface area contributed by atoms with Crippen LogP contribution in [0.25, 0.3) is 0 Å². The molecule has 2 amide bonds. The Bertz CT molecular complexity index is 714. The minimum atomic E-state index is -1.28. The molecule has 7 nitrogen and oxygen atoms in total. The maximum Gasteiger partial charge on any atom is 1.00 e. The standard InChI is InChI=1S/C17H20N2O5S.Na/c1-9(24-10-7-5-4-6-8-10)13(20)18-11-14(21)19-12(16(22)23)17(2,3)25-15(11)19;/h4-9,11-12,15H,1-3H3,(H,18,20)(H,22,23);/q;+1/p-1/t9?,11-,12+,15?;/m1./s1. The summed E-state index contributed by atoms with van der Waals surface area (Å²) >= 11 is 1.35. The van der Waals surface area contributed by atoms with E-state index in [9.17, 15) is 19.5 Å². The first-order valence-corrected chi connectivity index (χ1v) is 8.83. The second-order valence-corrected chi connectivity index (χ2v) is 8.41. The molecule has 0 spiro atoms. The number of ether oxygens (including phenoxy) is 1. The molecule has 134 valence electrons. The summed E-state index contributed by atoms with van der Waals surface area (Å²) in [5.41, 5.74) is 0. The van der Waals surface area contributed by atoms with Crippen molar-refractivity contribution in [3.05, 3.63) is 30.3 Å². The number of fused-ring (bicyclic) bond motifs is 1. The van der Waals surface area contributed by atoms with Gasteiger partial charge >= 0.3 is 29.6 Å². The molecule has 2 aliphatic rings. The molecule has 0 aromatic heterocycles. The average Bonchev–Trinajstić information content (AvgIpc) is 2.81. The summed E-state index contributed by atoms with van der Waals surface area (Å²) in [6.07, 6.45) is -0.777. The Balaban J connectivity index is 0.00000243. The number of β-lactam (4-membered cyclic amide) rings is 1. The molecule has 2 aliphatic heterocycles. The second kappa shape index (κ2) is 7.80. The third-order valence-electron chi connectivity index (χ3n) is 4.39. The van der Waals surface area contributed by atoms with Gasteiger partial charge in [-0.15, -0.1) is 11.8 Å². The van der Waals surface area contributed by atoms with Crippen LogP contribution in [0.1, 0.15) is 20.8 Å². The molecule has 0 saturated carbocycles. The minimum Gasteiger partial charge on any atom is -0.548 e. The Morgan fingerprint density at radius 1 is 1.31 bits per heavy atom. The molecule has 1 aromatic rings. The van der Waals surface area contributed by atoms with Gasteiger partial charge in [0.2, 0.25) is 5.91 Å². The van der Waals surface area contributed by atoms with Crippen LogP contribution in [0, 0.1) is 0 Å². The van der Waals surface area contributed by atoms with Gasteiger partial charge in [0.15, 0.2) is 6.10 Å². The van der Waals surface area contributed by atoms with Crippen molar-refractivity contribution in [2.45, 2.75) is 49.1 Å². The van der Waals surface area contributed by atoms with Crippen LogP contribution in [0.4, 0.5) is 0 Å². The number of amides is 2. The predicted molar refractivity (Wildman–Crippen MR) is 89.6 cm³/mol. The molecule has 3 rings (SSSR count). The van der Waals surface area contributed by atoms with Crippen molar-refractivity contribution in [3.63, 3.8) is 0 Å². The Kier molecular flexibility index (Phi) is 6.32. The summed E-state index contributed by atoms with van der Waals surface area (Å²) < 4.78 is 4.87. The molecule has 0 radical (unpaired) electrons. The number of thioether (sulfide) groups is 1. The van der Waals surface area contributed by atoms with Gasteiger partial charge in [-0.1, -0.05) is 18.2 Å². The van der Waals surface area contributed by atoms with Crippen molar-refractivity contribution in [3.8, 4) is 5.75 Å². The largest absolute Gasteiger partial charge is 1.00 e. The number of carboxylic acids is 1. The number of carboxylic acid groups (broad SMARTS) is 1. The number of carbonyl (C=O) groups is 3. The van der Waals surface area contributed by atoms with E-state index < -0.39 is 46.1 Å².